The van der Waals surface area contributed by atoms with Crippen LogP contribution in [0.15, 0.2) is 77.9 Å². The number of rotatable bonds is 3. The quantitative estimate of drug-likeness (QED) is 0.411. The lowest BCUT2D eigenvalue weighted by Crippen LogP contribution is -2.18. The lowest BCUT2D eigenvalue weighted by Gasteiger charge is -2.14. The van der Waals surface area contributed by atoms with Crippen LogP contribution in [-0.4, -0.2) is 24.6 Å². The van der Waals surface area contributed by atoms with Gasteiger partial charge in [-0.3, -0.25) is 19.3 Å². The Morgan fingerprint density at radius 2 is 1.79 bits per heavy atom. The van der Waals surface area contributed by atoms with Crippen LogP contribution < -0.4 is 5.56 Å². The van der Waals surface area contributed by atoms with Crippen molar-refractivity contribution in [3.8, 4) is 16.9 Å². The highest BCUT2D eigenvalue weighted by molar-refractivity contribution is 6.02. The Morgan fingerprint density at radius 3 is 2.52 bits per heavy atom. The summed E-state index contributed by atoms with van der Waals surface area (Å²) in [5.74, 6) is 0. The van der Waals surface area contributed by atoms with Crippen LogP contribution in [0.4, 0.5) is 13.2 Å². The number of hydrogen-bond donors (Lipinski definition) is 1. The van der Waals surface area contributed by atoms with E-state index in [4.69, 9.17) is 0 Å². The van der Waals surface area contributed by atoms with Crippen molar-refractivity contribution in [3.63, 3.8) is 0 Å². The van der Waals surface area contributed by atoms with Crippen LogP contribution in [0.5, 0.6) is 0 Å². The summed E-state index contributed by atoms with van der Waals surface area (Å²) in [7, 11) is 0. The minimum Gasteiger partial charge on any atom is -0.390 e. The Morgan fingerprint density at radius 1 is 0.939 bits per heavy atom. The van der Waals surface area contributed by atoms with E-state index in [-0.39, 0.29) is 12.3 Å². The molecule has 0 aliphatic rings. The molecule has 164 valence electrons. The van der Waals surface area contributed by atoms with Gasteiger partial charge in [0.1, 0.15) is 5.52 Å². The molecule has 0 amide bonds. The van der Waals surface area contributed by atoms with Gasteiger partial charge in [0.05, 0.1) is 34.6 Å². The summed E-state index contributed by atoms with van der Waals surface area (Å²) in [4.78, 5) is 26.1. The second-order valence-electron chi connectivity index (χ2n) is 7.38. The fraction of sp³-hybridized carbons (Fsp3) is 0.0833. The molecule has 1 N–H and O–H groups in total. The minimum atomic E-state index is -4.55. The van der Waals surface area contributed by atoms with E-state index in [1.165, 1.54) is 22.8 Å². The van der Waals surface area contributed by atoms with Crippen LogP contribution >= 0.6 is 0 Å². The smallest absolute Gasteiger partial charge is 0.390 e. The highest BCUT2D eigenvalue weighted by atomic mass is 19.4. The van der Waals surface area contributed by atoms with E-state index in [2.05, 4.69) is 15.0 Å². The van der Waals surface area contributed by atoms with Gasteiger partial charge in [0, 0.05) is 35.1 Å². The second-order valence-corrected chi connectivity index (χ2v) is 7.38. The Kier molecular flexibility index (Phi) is 4.90. The average molecular weight is 448 g/mol. The van der Waals surface area contributed by atoms with Gasteiger partial charge in [-0.2, -0.15) is 13.2 Å². The standard InChI is InChI=1S/C24H15F3N4O2/c25-24(26,27)16-2-1-3-18(10-16)31-21(33)9-5-15-12-29-20-8-7-19(30-22(20)23(15)31)14-4-6-17(13-32)28-11-14/h1-12,32H,13H2. The van der Waals surface area contributed by atoms with Crippen molar-refractivity contribution in [2.45, 2.75) is 12.8 Å². The third kappa shape index (κ3) is 3.72. The van der Waals surface area contributed by atoms with Gasteiger partial charge in [0.15, 0.2) is 0 Å². The number of alkyl halides is 3. The molecule has 9 heteroatoms. The van der Waals surface area contributed by atoms with Gasteiger partial charge in [-0.1, -0.05) is 6.07 Å². The molecular formula is C24H15F3N4O2. The summed E-state index contributed by atoms with van der Waals surface area (Å²) in [6, 6.07) is 14.4. The van der Waals surface area contributed by atoms with Gasteiger partial charge in [-0.25, -0.2) is 4.98 Å². The number of fused-ring (bicyclic) bond motifs is 3. The molecule has 0 aliphatic carbocycles. The van der Waals surface area contributed by atoms with Crippen molar-refractivity contribution >= 4 is 21.9 Å². The van der Waals surface area contributed by atoms with E-state index in [0.29, 0.717) is 38.9 Å². The molecule has 0 radical (unpaired) electrons. The average Bonchev–Trinajstić information content (AvgIpc) is 2.83. The molecule has 6 nitrogen and oxygen atoms in total. The third-order valence-corrected chi connectivity index (χ3v) is 5.28. The van der Waals surface area contributed by atoms with Crippen LogP contribution in [0.3, 0.4) is 0 Å². The molecule has 5 rings (SSSR count). The first-order chi connectivity index (χ1) is 15.8. The van der Waals surface area contributed by atoms with Gasteiger partial charge < -0.3 is 5.11 Å². The van der Waals surface area contributed by atoms with Gasteiger partial charge in [0.2, 0.25) is 0 Å². The number of benzene rings is 1. The van der Waals surface area contributed by atoms with E-state index >= 15 is 0 Å². The first kappa shape index (κ1) is 20.8. The van der Waals surface area contributed by atoms with Crippen LogP contribution in [0, 0.1) is 0 Å². The van der Waals surface area contributed by atoms with E-state index in [1.807, 2.05) is 0 Å². The number of aliphatic hydroxyl groups is 1. The van der Waals surface area contributed by atoms with Crippen molar-refractivity contribution in [2.24, 2.45) is 0 Å². The first-order valence-corrected chi connectivity index (χ1v) is 9.90. The molecule has 0 unspecified atom stereocenters. The largest absolute Gasteiger partial charge is 0.416 e. The normalized spacial score (nSPS) is 11.9. The Hall–Kier alpha value is -4.11. The number of nitrogens with zero attached hydrogens (tertiary/aromatic N) is 4. The van der Waals surface area contributed by atoms with Gasteiger partial charge >= 0.3 is 6.18 Å². The first-order valence-electron chi connectivity index (χ1n) is 9.90. The lowest BCUT2D eigenvalue weighted by molar-refractivity contribution is -0.137. The Labute approximate surface area is 184 Å². The van der Waals surface area contributed by atoms with E-state index in [9.17, 15) is 23.1 Å². The topological polar surface area (TPSA) is 80.9 Å². The zero-order valence-corrected chi connectivity index (χ0v) is 16.9. The molecule has 33 heavy (non-hydrogen) atoms. The maximum absolute atomic E-state index is 13.3. The fourth-order valence-corrected chi connectivity index (χ4v) is 3.68. The molecule has 0 bridgehead atoms. The van der Waals surface area contributed by atoms with Gasteiger partial charge in [-0.05, 0) is 48.5 Å². The van der Waals surface area contributed by atoms with E-state index in [0.717, 1.165) is 12.1 Å². The van der Waals surface area contributed by atoms with E-state index < -0.39 is 17.3 Å². The highest BCUT2D eigenvalue weighted by Crippen LogP contribution is 2.31. The van der Waals surface area contributed by atoms with Gasteiger partial charge in [0.25, 0.3) is 5.56 Å². The number of pyridine rings is 4. The van der Waals surface area contributed by atoms with Crippen molar-refractivity contribution in [1.82, 2.24) is 19.5 Å². The molecule has 0 saturated heterocycles. The number of aliphatic hydroxyl groups excluding tert-OH is 1. The van der Waals surface area contributed by atoms with Crippen LogP contribution in [-0.2, 0) is 12.8 Å². The van der Waals surface area contributed by atoms with Crippen molar-refractivity contribution < 1.29 is 18.3 Å². The molecule has 0 saturated carbocycles. The zero-order chi connectivity index (χ0) is 23.2. The summed E-state index contributed by atoms with van der Waals surface area (Å²) in [6.45, 7) is -0.191. The molecule has 0 spiro atoms. The molecule has 1 aromatic carbocycles. The number of hydrogen-bond acceptors (Lipinski definition) is 5. The van der Waals surface area contributed by atoms with Crippen molar-refractivity contribution in [2.75, 3.05) is 0 Å². The summed E-state index contributed by atoms with van der Waals surface area (Å²) >= 11 is 0. The monoisotopic (exact) mass is 448 g/mol. The fourth-order valence-electron chi connectivity index (χ4n) is 3.68. The highest BCUT2D eigenvalue weighted by Gasteiger charge is 2.30. The van der Waals surface area contributed by atoms with Crippen LogP contribution in [0.2, 0.25) is 0 Å². The Bertz CT molecular complexity index is 1560. The zero-order valence-electron chi connectivity index (χ0n) is 16.9. The molecule has 0 atom stereocenters. The lowest BCUT2D eigenvalue weighted by atomic mass is 10.1. The maximum Gasteiger partial charge on any atom is 0.416 e. The molecule has 4 heterocycles. The molecule has 0 aliphatic heterocycles. The SMILES string of the molecule is O=c1ccc2cnc3ccc(-c4ccc(CO)nc4)nc3c2n1-c1cccc(C(F)(F)F)c1. The third-order valence-electron chi connectivity index (χ3n) is 5.28. The van der Waals surface area contributed by atoms with E-state index in [1.54, 1.807) is 42.7 Å². The molecule has 4 aromatic heterocycles. The molecule has 5 aromatic rings. The van der Waals surface area contributed by atoms with Crippen LogP contribution in [0.25, 0.3) is 38.9 Å². The van der Waals surface area contributed by atoms with Crippen LogP contribution in [0.1, 0.15) is 11.3 Å². The summed E-state index contributed by atoms with van der Waals surface area (Å²) < 4.78 is 41.2. The molecular weight excluding hydrogens is 433 g/mol. The van der Waals surface area contributed by atoms with Gasteiger partial charge in [-0.15, -0.1) is 0 Å². The minimum absolute atomic E-state index is 0.0779. The Balaban J connectivity index is 1.80. The number of halogens is 3. The second kappa shape index (κ2) is 7.79. The van der Waals surface area contributed by atoms with Crippen molar-refractivity contribution in [3.05, 3.63) is 94.7 Å². The summed E-state index contributed by atoms with van der Waals surface area (Å²) in [6.07, 6.45) is -1.43. The summed E-state index contributed by atoms with van der Waals surface area (Å²) in [5, 5.41) is 9.76. The number of aromatic nitrogens is 4. The maximum atomic E-state index is 13.3. The predicted molar refractivity (Wildman–Crippen MR) is 117 cm³/mol. The van der Waals surface area contributed by atoms with Crippen molar-refractivity contribution in [1.29, 1.82) is 0 Å². The predicted octanol–water partition coefficient (Wildman–Crippen LogP) is 4.51. The molecule has 0 fully saturated rings. The summed E-state index contributed by atoms with van der Waals surface area (Å²) in [5.41, 5.74) is 1.66.